The molecule has 1 N–H and O–H groups in total. The van der Waals surface area contributed by atoms with Crippen molar-refractivity contribution in [2.24, 2.45) is 5.92 Å². The maximum atomic E-state index is 12.0. The van der Waals surface area contributed by atoms with E-state index in [1.807, 2.05) is 11.0 Å². The van der Waals surface area contributed by atoms with E-state index in [4.69, 9.17) is 4.74 Å². The monoisotopic (exact) mass is 276 g/mol. The van der Waals surface area contributed by atoms with Gasteiger partial charge in [0, 0.05) is 13.2 Å². The average molecular weight is 276 g/mol. The lowest BCUT2D eigenvalue weighted by molar-refractivity contribution is -0.128. The summed E-state index contributed by atoms with van der Waals surface area (Å²) in [6.45, 7) is 8.69. The van der Waals surface area contributed by atoms with E-state index < -0.39 is 0 Å². The molecule has 1 atom stereocenters. The highest BCUT2D eigenvalue weighted by Gasteiger charge is 2.31. The molecule has 0 bridgehead atoms. The van der Waals surface area contributed by atoms with E-state index >= 15 is 0 Å². The standard InChI is InChI=1S/C16H24N2O2/c1-12(2)11-20-8-7-18-15(19)10-17-16(18)14-6-4-5-13(3)9-14/h4-6,9,12,16-17H,7-8,10-11H2,1-3H3. The van der Waals surface area contributed by atoms with Crippen LogP contribution in [0.2, 0.25) is 0 Å². The van der Waals surface area contributed by atoms with Gasteiger partial charge in [0.05, 0.1) is 13.2 Å². The predicted octanol–water partition coefficient (Wildman–Crippen LogP) is 2.10. The van der Waals surface area contributed by atoms with Crippen LogP contribution in [0.5, 0.6) is 0 Å². The van der Waals surface area contributed by atoms with Crippen molar-refractivity contribution in [2.75, 3.05) is 26.3 Å². The Labute approximate surface area is 121 Å². The summed E-state index contributed by atoms with van der Waals surface area (Å²) in [4.78, 5) is 13.8. The molecule has 1 aromatic rings. The largest absolute Gasteiger partial charge is 0.379 e. The Bertz CT molecular complexity index is 460. The predicted molar refractivity (Wildman–Crippen MR) is 79.3 cm³/mol. The van der Waals surface area contributed by atoms with Crippen molar-refractivity contribution in [2.45, 2.75) is 26.9 Å². The Morgan fingerprint density at radius 2 is 2.25 bits per heavy atom. The molecule has 0 aromatic heterocycles. The zero-order valence-electron chi connectivity index (χ0n) is 12.6. The number of carbonyl (C=O) groups excluding carboxylic acids is 1. The summed E-state index contributed by atoms with van der Waals surface area (Å²) in [5.41, 5.74) is 2.35. The fraction of sp³-hybridized carbons (Fsp3) is 0.562. The molecule has 0 saturated carbocycles. The fourth-order valence-electron chi connectivity index (χ4n) is 2.41. The van der Waals surface area contributed by atoms with Gasteiger partial charge in [0.1, 0.15) is 6.17 Å². The second-order valence-corrected chi connectivity index (χ2v) is 5.75. The lowest BCUT2D eigenvalue weighted by Crippen LogP contribution is -2.33. The van der Waals surface area contributed by atoms with E-state index in [1.54, 1.807) is 0 Å². The van der Waals surface area contributed by atoms with Crippen LogP contribution < -0.4 is 5.32 Å². The number of hydrogen-bond acceptors (Lipinski definition) is 3. The van der Waals surface area contributed by atoms with Crippen LogP contribution >= 0.6 is 0 Å². The fourth-order valence-corrected chi connectivity index (χ4v) is 2.41. The first-order valence-electron chi connectivity index (χ1n) is 7.25. The topological polar surface area (TPSA) is 41.6 Å². The van der Waals surface area contributed by atoms with Gasteiger partial charge in [-0.25, -0.2) is 0 Å². The SMILES string of the molecule is Cc1cccc(C2NCC(=O)N2CCOCC(C)C)c1. The van der Waals surface area contributed by atoms with Gasteiger partial charge in [-0.3, -0.25) is 10.1 Å². The van der Waals surface area contributed by atoms with Crippen LogP contribution in [0.1, 0.15) is 31.1 Å². The zero-order chi connectivity index (χ0) is 14.5. The number of rotatable bonds is 6. The number of hydrogen-bond donors (Lipinski definition) is 1. The normalized spacial score (nSPS) is 19.1. The molecule has 110 valence electrons. The molecule has 4 nitrogen and oxygen atoms in total. The summed E-state index contributed by atoms with van der Waals surface area (Å²) < 4.78 is 5.59. The Balaban J connectivity index is 1.96. The molecule has 1 unspecified atom stereocenters. The van der Waals surface area contributed by atoms with Gasteiger partial charge in [0.25, 0.3) is 0 Å². The number of carbonyl (C=O) groups is 1. The van der Waals surface area contributed by atoms with E-state index in [0.717, 1.165) is 12.2 Å². The summed E-state index contributed by atoms with van der Waals surface area (Å²) in [5, 5.41) is 3.27. The number of benzene rings is 1. The maximum absolute atomic E-state index is 12.0. The molecule has 1 aliphatic heterocycles. The highest BCUT2D eigenvalue weighted by Crippen LogP contribution is 2.22. The number of nitrogens with one attached hydrogen (secondary N) is 1. The van der Waals surface area contributed by atoms with Gasteiger partial charge in [0.2, 0.25) is 5.91 Å². The van der Waals surface area contributed by atoms with Gasteiger partial charge in [-0.1, -0.05) is 43.7 Å². The molecule has 2 rings (SSSR count). The van der Waals surface area contributed by atoms with Gasteiger partial charge in [-0.2, -0.15) is 0 Å². The minimum atomic E-state index is -0.0231. The first-order chi connectivity index (χ1) is 9.58. The van der Waals surface area contributed by atoms with E-state index in [1.165, 1.54) is 5.56 Å². The van der Waals surface area contributed by atoms with Gasteiger partial charge >= 0.3 is 0 Å². The van der Waals surface area contributed by atoms with Crippen molar-refractivity contribution in [3.05, 3.63) is 35.4 Å². The second kappa shape index (κ2) is 6.86. The molecule has 1 amide bonds. The molecular formula is C16H24N2O2. The van der Waals surface area contributed by atoms with E-state index in [9.17, 15) is 4.79 Å². The Kier molecular flexibility index (Phi) is 5.15. The van der Waals surface area contributed by atoms with E-state index in [0.29, 0.717) is 25.6 Å². The highest BCUT2D eigenvalue weighted by molar-refractivity contribution is 5.80. The van der Waals surface area contributed by atoms with Gasteiger partial charge < -0.3 is 9.64 Å². The molecular weight excluding hydrogens is 252 g/mol. The lowest BCUT2D eigenvalue weighted by atomic mass is 10.1. The lowest BCUT2D eigenvalue weighted by Gasteiger charge is -2.25. The molecule has 1 saturated heterocycles. The third-order valence-corrected chi connectivity index (χ3v) is 3.36. The molecule has 0 spiro atoms. The summed E-state index contributed by atoms with van der Waals surface area (Å²) in [6, 6.07) is 8.28. The number of amides is 1. The van der Waals surface area contributed by atoms with Gasteiger partial charge in [-0.15, -0.1) is 0 Å². The molecule has 0 aliphatic carbocycles. The summed E-state index contributed by atoms with van der Waals surface area (Å²) in [6.07, 6.45) is -0.0231. The minimum absolute atomic E-state index is 0.0231. The first-order valence-corrected chi connectivity index (χ1v) is 7.25. The average Bonchev–Trinajstić information content (AvgIpc) is 2.76. The Hall–Kier alpha value is -1.39. The third-order valence-electron chi connectivity index (χ3n) is 3.36. The number of aryl methyl sites for hydroxylation is 1. The summed E-state index contributed by atoms with van der Waals surface area (Å²) in [5.74, 6) is 0.666. The molecule has 4 heteroatoms. The Morgan fingerprint density at radius 1 is 1.45 bits per heavy atom. The van der Waals surface area contributed by atoms with Gasteiger partial charge in [-0.05, 0) is 18.4 Å². The van der Waals surface area contributed by atoms with Crippen molar-refractivity contribution in [3.8, 4) is 0 Å². The van der Waals surface area contributed by atoms with Crippen molar-refractivity contribution in [1.82, 2.24) is 10.2 Å². The smallest absolute Gasteiger partial charge is 0.238 e. The zero-order valence-corrected chi connectivity index (χ0v) is 12.6. The summed E-state index contributed by atoms with van der Waals surface area (Å²) >= 11 is 0. The molecule has 20 heavy (non-hydrogen) atoms. The van der Waals surface area contributed by atoms with Crippen LogP contribution in [0.25, 0.3) is 0 Å². The molecule has 1 fully saturated rings. The molecule has 1 aliphatic rings. The van der Waals surface area contributed by atoms with Crippen molar-refractivity contribution >= 4 is 5.91 Å². The Morgan fingerprint density at radius 3 is 2.95 bits per heavy atom. The van der Waals surface area contributed by atoms with Crippen LogP contribution in [0.3, 0.4) is 0 Å². The second-order valence-electron chi connectivity index (χ2n) is 5.75. The number of ether oxygens (including phenoxy) is 1. The van der Waals surface area contributed by atoms with Crippen LogP contribution in [-0.4, -0.2) is 37.1 Å². The maximum Gasteiger partial charge on any atom is 0.238 e. The first kappa shape index (κ1) is 15.0. The van der Waals surface area contributed by atoms with E-state index in [2.05, 4.69) is 44.3 Å². The van der Waals surface area contributed by atoms with Crippen LogP contribution in [-0.2, 0) is 9.53 Å². The van der Waals surface area contributed by atoms with Crippen LogP contribution in [0.4, 0.5) is 0 Å². The van der Waals surface area contributed by atoms with Crippen molar-refractivity contribution in [1.29, 1.82) is 0 Å². The minimum Gasteiger partial charge on any atom is -0.379 e. The highest BCUT2D eigenvalue weighted by atomic mass is 16.5. The van der Waals surface area contributed by atoms with E-state index in [-0.39, 0.29) is 12.1 Å². The van der Waals surface area contributed by atoms with Crippen LogP contribution in [0, 0.1) is 12.8 Å². The van der Waals surface area contributed by atoms with Crippen molar-refractivity contribution < 1.29 is 9.53 Å². The van der Waals surface area contributed by atoms with Crippen molar-refractivity contribution in [3.63, 3.8) is 0 Å². The third kappa shape index (κ3) is 3.81. The number of nitrogens with zero attached hydrogens (tertiary/aromatic N) is 1. The van der Waals surface area contributed by atoms with Crippen LogP contribution in [0.15, 0.2) is 24.3 Å². The summed E-state index contributed by atoms with van der Waals surface area (Å²) in [7, 11) is 0. The molecule has 1 heterocycles. The quantitative estimate of drug-likeness (QED) is 0.809. The molecule has 1 aromatic carbocycles. The van der Waals surface area contributed by atoms with Gasteiger partial charge in [0.15, 0.2) is 0 Å². The molecule has 0 radical (unpaired) electrons.